The molecule has 58 valence electrons. The van der Waals surface area contributed by atoms with Gasteiger partial charge in [-0.2, -0.15) is 10.2 Å². The van der Waals surface area contributed by atoms with Gasteiger partial charge in [0.15, 0.2) is 0 Å². The lowest BCUT2D eigenvalue weighted by atomic mass is 10.3. The third kappa shape index (κ3) is 1.06. The van der Waals surface area contributed by atoms with Crippen LogP contribution in [0.25, 0.3) is 10.2 Å². The lowest BCUT2D eigenvalue weighted by Crippen LogP contribution is -1.65. The predicted molar refractivity (Wildman–Crippen MR) is 49.8 cm³/mol. The van der Waals surface area contributed by atoms with Crippen molar-refractivity contribution in [1.82, 2.24) is 4.98 Å². The topological polar surface area (TPSA) is 36.7 Å². The Morgan fingerprint density at radius 2 is 2.25 bits per heavy atom. The molecular formula is C9H7N2S+. The largest absolute Gasteiger partial charge is 0.231 e. The van der Waals surface area contributed by atoms with Gasteiger partial charge in [0.25, 0.3) is 0 Å². The SMILES string of the molecule is N#CC[s+]1cnc2ccccc21. The molecule has 0 aliphatic rings. The molecule has 1 atom stereocenters. The Hall–Kier alpha value is -1.40. The van der Waals surface area contributed by atoms with Crippen LogP contribution in [-0.4, -0.2) is 4.98 Å². The summed E-state index contributed by atoms with van der Waals surface area (Å²) in [7, 11) is -0.0550. The first-order valence-corrected chi connectivity index (χ1v) is 5.07. The van der Waals surface area contributed by atoms with E-state index in [9.17, 15) is 0 Å². The van der Waals surface area contributed by atoms with Gasteiger partial charge >= 0.3 is 0 Å². The molecule has 0 saturated carbocycles. The number of nitrogens with zero attached hydrogens (tertiary/aromatic N) is 2. The maximum absolute atomic E-state index is 8.55. The number of aromatic nitrogens is 1. The van der Waals surface area contributed by atoms with E-state index in [-0.39, 0.29) is 10.5 Å². The van der Waals surface area contributed by atoms with E-state index in [2.05, 4.69) is 11.1 Å². The molecule has 1 unspecified atom stereocenters. The highest BCUT2D eigenvalue weighted by Gasteiger charge is 2.11. The number of fused-ring (bicyclic) bond motifs is 1. The summed E-state index contributed by atoms with van der Waals surface area (Å²) in [6.07, 6.45) is 0. The fraction of sp³-hybridized carbons (Fsp3) is 0.111. The first-order valence-electron chi connectivity index (χ1n) is 3.61. The number of nitriles is 1. The molecule has 0 spiro atoms. The molecule has 2 nitrogen and oxygen atoms in total. The van der Waals surface area contributed by atoms with Crippen molar-refractivity contribution in [2.24, 2.45) is 0 Å². The molecule has 0 fully saturated rings. The number of hydrogen-bond donors (Lipinski definition) is 0. The molecule has 12 heavy (non-hydrogen) atoms. The van der Waals surface area contributed by atoms with Crippen molar-refractivity contribution in [3.05, 3.63) is 29.8 Å². The smallest absolute Gasteiger partial charge is 0.200 e. The van der Waals surface area contributed by atoms with Gasteiger partial charge in [-0.3, -0.25) is 0 Å². The summed E-state index contributed by atoms with van der Waals surface area (Å²) in [5, 5.41) is 8.55. The Morgan fingerprint density at radius 3 is 3.08 bits per heavy atom. The Labute approximate surface area is 73.1 Å². The Bertz CT molecular complexity index is 439. The van der Waals surface area contributed by atoms with E-state index < -0.39 is 0 Å². The second-order valence-corrected chi connectivity index (χ2v) is 4.23. The van der Waals surface area contributed by atoms with Gasteiger partial charge < -0.3 is 0 Å². The standard InChI is InChI=1S/C9H7N2S/c10-5-6-12-7-11-8-3-1-2-4-9(8)12/h1-4,7H,6H2/q+1. The molecule has 0 bridgehead atoms. The molecule has 2 aromatic rings. The highest BCUT2D eigenvalue weighted by Crippen LogP contribution is 2.28. The summed E-state index contributed by atoms with van der Waals surface area (Å²) in [6.45, 7) is 0. The monoisotopic (exact) mass is 175 g/mol. The highest BCUT2D eigenvalue weighted by molar-refractivity contribution is 7.35. The maximum atomic E-state index is 8.55. The van der Waals surface area contributed by atoms with Crippen molar-refractivity contribution >= 4 is 20.7 Å². The lowest BCUT2D eigenvalue weighted by Gasteiger charge is -1.80. The van der Waals surface area contributed by atoms with Crippen LogP contribution in [0, 0.1) is 11.3 Å². The zero-order valence-corrected chi connectivity index (χ0v) is 7.21. The number of hydrogen-bond acceptors (Lipinski definition) is 2. The first kappa shape index (κ1) is 7.26. The summed E-state index contributed by atoms with van der Waals surface area (Å²) in [4.78, 5) is 4.24. The summed E-state index contributed by atoms with van der Waals surface area (Å²) in [5.74, 6) is 0.556. The fourth-order valence-electron chi connectivity index (χ4n) is 1.15. The molecule has 0 N–H and O–H groups in total. The lowest BCUT2D eigenvalue weighted by molar-refractivity contribution is 1.44. The van der Waals surface area contributed by atoms with E-state index >= 15 is 0 Å². The van der Waals surface area contributed by atoms with Crippen molar-refractivity contribution in [3.63, 3.8) is 0 Å². The normalized spacial score (nSPS) is 11.4. The average molecular weight is 175 g/mol. The molecule has 0 radical (unpaired) electrons. The van der Waals surface area contributed by atoms with E-state index in [1.807, 2.05) is 29.8 Å². The molecule has 1 aromatic carbocycles. The second-order valence-electron chi connectivity index (χ2n) is 2.43. The van der Waals surface area contributed by atoms with E-state index in [1.165, 1.54) is 4.70 Å². The van der Waals surface area contributed by atoms with Crippen molar-refractivity contribution in [1.29, 1.82) is 5.26 Å². The number of benzene rings is 1. The summed E-state index contributed by atoms with van der Waals surface area (Å²) in [6, 6.07) is 10.2. The Kier molecular flexibility index (Phi) is 1.77. The van der Waals surface area contributed by atoms with Crippen LogP contribution in [0.4, 0.5) is 0 Å². The quantitative estimate of drug-likeness (QED) is 0.624. The van der Waals surface area contributed by atoms with Crippen LogP contribution in [0.2, 0.25) is 0 Å². The van der Waals surface area contributed by atoms with E-state index in [0.29, 0.717) is 5.75 Å². The van der Waals surface area contributed by atoms with Crippen molar-refractivity contribution in [3.8, 4) is 6.07 Å². The van der Waals surface area contributed by atoms with Gasteiger partial charge in [0.2, 0.25) is 16.0 Å². The number of thiazole rings is 1. The van der Waals surface area contributed by atoms with Crippen LogP contribution < -0.4 is 0 Å². The number of rotatable bonds is 1. The summed E-state index contributed by atoms with van der Waals surface area (Å²) >= 11 is 0. The molecular weight excluding hydrogens is 168 g/mol. The summed E-state index contributed by atoms with van der Waals surface area (Å²) < 4.78 is 1.21. The molecule has 2 rings (SSSR count). The minimum atomic E-state index is -0.0550. The van der Waals surface area contributed by atoms with Crippen LogP contribution in [-0.2, 0) is 5.75 Å². The summed E-state index contributed by atoms with van der Waals surface area (Å²) in [5.41, 5.74) is 2.91. The van der Waals surface area contributed by atoms with E-state index in [1.54, 1.807) is 0 Å². The zero-order chi connectivity index (χ0) is 8.39. The van der Waals surface area contributed by atoms with Gasteiger partial charge in [-0.1, -0.05) is 12.1 Å². The van der Waals surface area contributed by atoms with E-state index in [4.69, 9.17) is 5.26 Å². The third-order valence-corrected chi connectivity index (χ3v) is 3.40. The van der Waals surface area contributed by atoms with Crippen molar-refractivity contribution < 1.29 is 0 Å². The van der Waals surface area contributed by atoms with Crippen molar-refractivity contribution in [2.45, 2.75) is 5.75 Å². The number of para-hydroxylation sites is 1. The first-order chi connectivity index (χ1) is 5.92. The minimum Gasteiger partial charge on any atom is -0.200 e. The highest BCUT2D eigenvalue weighted by atomic mass is 32.2. The molecule has 0 aliphatic heterocycles. The van der Waals surface area contributed by atoms with Crippen molar-refractivity contribution in [2.75, 3.05) is 0 Å². The van der Waals surface area contributed by atoms with Gasteiger partial charge in [0.1, 0.15) is 11.6 Å². The molecule has 3 heteroatoms. The average Bonchev–Trinajstić information content (AvgIpc) is 2.50. The molecule has 0 aliphatic carbocycles. The second kappa shape index (κ2) is 2.92. The molecule has 1 aromatic heterocycles. The predicted octanol–water partition coefficient (Wildman–Crippen LogP) is 2.51. The van der Waals surface area contributed by atoms with E-state index in [0.717, 1.165) is 5.52 Å². The molecule has 0 saturated heterocycles. The minimum absolute atomic E-state index is 0.0550. The van der Waals surface area contributed by atoms with Crippen LogP contribution in [0.15, 0.2) is 29.8 Å². The maximum Gasteiger partial charge on any atom is 0.231 e. The molecule has 1 heterocycles. The molecule has 0 amide bonds. The van der Waals surface area contributed by atoms with Gasteiger partial charge in [0.05, 0.1) is 0 Å². The van der Waals surface area contributed by atoms with Gasteiger partial charge in [0, 0.05) is 16.5 Å². The Balaban J connectivity index is 2.64. The third-order valence-electron chi connectivity index (χ3n) is 1.69. The Morgan fingerprint density at radius 1 is 1.42 bits per heavy atom. The fourth-order valence-corrected chi connectivity index (χ4v) is 2.51. The van der Waals surface area contributed by atoms with Gasteiger partial charge in [-0.25, -0.2) is 0 Å². The van der Waals surface area contributed by atoms with Gasteiger partial charge in [-0.05, 0) is 6.07 Å². The van der Waals surface area contributed by atoms with Crippen LogP contribution in [0.5, 0.6) is 0 Å². The van der Waals surface area contributed by atoms with Crippen LogP contribution >= 0.6 is 10.5 Å². The van der Waals surface area contributed by atoms with Crippen LogP contribution in [0.1, 0.15) is 0 Å². The van der Waals surface area contributed by atoms with Gasteiger partial charge in [-0.15, -0.1) is 0 Å². The van der Waals surface area contributed by atoms with Crippen LogP contribution in [0.3, 0.4) is 0 Å². The zero-order valence-electron chi connectivity index (χ0n) is 6.40.